The highest BCUT2D eigenvalue weighted by molar-refractivity contribution is 5.70. The van der Waals surface area contributed by atoms with E-state index in [0.29, 0.717) is 11.5 Å². The number of hydrogen-bond donors (Lipinski definition) is 1. The van der Waals surface area contributed by atoms with E-state index in [0.717, 1.165) is 29.1 Å². The fourth-order valence-corrected chi connectivity index (χ4v) is 4.55. The molecule has 1 aliphatic carbocycles. The highest BCUT2D eigenvalue weighted by Gasteiger charge is 2.48. The monoisotopic (exact) mass is 409 g/mol. The summed E-state index contributed by atoms with van der Waals surface area (Å²) in [5, 5.41) is 3.00. The van der Waals surface area contributed by atoms with E-state index in [2.05, 4.69) is 18.3 Å². The third-order valence-corrected chi connectivity index (χ3v) is 6.01. The summed E-state index contributed by atoms with van der Waals surface area (Å²) >= 11 is 0. The van der Waals surface area contributed by atoms with Crippen molar-refractivity contribution in [1.82, 2.24) is 5.32 Å². The number of aryl methyl sites for hydroxylation is 1. The van der Waals surface area contributed by atoms with Crippen molar-refractivity contribution in [1.29, 1.82) is 0 Å². The quantitative estimate of drug-likeness (QED) is 0.783. The largest absolute Gasteiger partial charge is 0.497 e. The first-order valence-electron chi connectivity index (χ1n) is 10.1. The highest BCUT2D eigenvalue weighted by Crippen LogP contribution is 2.53. The number of amides is 1. The number of nitrogens with one attached hydrogen (secondary N) is 1. The molecule has 6 nitrogen and oxygen atoms in total. The van der Waals surface area contributed by atoms with Gasteiger partial charge in [-0.1, -0.05) is 24.3 Å². The van der Waals surface area contributed by atoms with Gasteiger partial charge in [-0.2, -0.15) is 0 Å². The van der Waals surface area contributed by atoms with Crippen molar-refractivity contribution in [3.63, 3.8) is 0 Å². The van der Waals surface area contributed by atoms with Crippen molar-refractivity contribution in [2.75, 3.05) is 14.2 Å². The summed E-state index contributed by atoms with van der Waals surface area (Å²) < 4.78 is 22.9. The van der Waals surface area contributed by atoms with Gasteiger partial charge in [0.05, 0.1) is 14.2 Å². The van der Waals surface area contributed by atoms with Crippen molar-refractivity contribution in [3.05, 3.63) is 65.4 Å². The summed E-state index contributed by atoms with van der Waals surface area (Å²) in [7, 11) is 3.31. The molecule has 0 radical (unpaired) electrons. The van der Waals surface area contributed by atoms with E-state index in [-0.39, 0.29) is 24.0 Å². The molecule has 4 atom stereocenters. The molecule has 4 rings (SSSR count). The molecule has 0 spiro atoms. The second-order valence-corrected chi connectivity index (χ2v) is 7.74. The zero-order valence-electron chi connectivity index (χ0n) is 17.7. The zero-order valence-corrected chi connectivity index (χ0v) is 17.7. The number of para-hydroxylation sites is 1. The van der Waals surface area contributed by atoms with Gasteiger partial charge in [0.15, 0.2) is 17.6 Å². The first kappa shape index (κ1) is 20.1. The van der Waals surface area contributed by atoms with Gasteiger partial charge in [0.25, 0.3) is 0 Å². The van der Waals surface area contributed by atoms with Crippen LogP contribution in [0.15, 0.2) is 54.3 Å². The summed E-state index contributed by atoms with van der Waals surface area (Å²) in [6.07, 6.45) is 2.11. The predicted molar refractivity (Wildman–Crippen MR) is 113 cm³/mol. The third-order valence-electron chi connectivity index (χ3n) is 6.01. The third kappa shape index (κ3) is 3.58. The second kappa shape index (κ2) is 8.30. The molecule has 1 amide bonds. The Bertz CT molecular complexity index is 956. The number of methoxy groups -OCH3 is 2. The summed E-state index contributed by atoms with van der Waals surface area (Å²) in [6, 6.07) is 12.9. The standard InChI is InChI=1S/C24H27NO5/c1-14-10-12-18(27-3)22-20(14)21-17(11-13-19(28-4)23(21)30-22)15(2)25-24(26)29-16-8-6-5-7-9-16/h5-10,12-13,15,17,21,23H,11H2,1-4H3,(H,25,26). The normalized spacial score (nSPS) is 22.7. The molecule has 6 heteroatoms. The van der Waals surface area contributed by atoms with Gasteiger partial charge < -0.3 is 24.3 Å². The maximum Gasteiger partial charge on any atom is 0.412 e. The highest BCUT2D eigenvalue weighted by atomic mass is 16.6. The molecule has 30 heavy (non-hydrogen) atoms. The molecule has 0 aromatic heterocycles. The van der Waals surface area contributed by atoms with Gasteiger partial charge in [-0.25, -0.2) is 4.79 Å². The van der Waals surface area contributed by atoms with Gasteiger partial charge in [-0.15, -0.1) is 0 Å². The lowest BCUT2D eigenvalue weighted by atomic mass is 9.73. The Kier molecular flexibility index (Phi) is 5.57. The van der Waals surface area contributed by atoms with Crippen LogP contribution in [0.1, 0.15) is 30.4 Å². The molecule has 2 aromatic rings. The van der Waals surface area contributed by atoms with Gasteiger partial charge >= 0.3 is 6.09 Å². The summed E-state index contributed by atoms with van der Waals surface area (Å²) in [5.41, 5.74) is 2.26. The van der Waals surface area contributed by atoms with Gasteiger partial charge in [0.2, 0.25) is 0 Å². The topological polar surface area (TPSA) is 66.0 Å². The van der Waals surface area contributed by atoms with E-state index in [9.17, 15) is 4.79 Å². The van der Waals surface area contributed by atoms with Gasteiger partial charge in [0.1, 0.15) is 11.5 Å². The van der Waals surface area contributed by atoms with Crippen molar-refractivity contribution in [3.8, 4) is 17.2 Å². The molecule has 0 fully saturated rings. The van der Waals surface area contributed by atoms with Gasteiger partial charge in [-0.05, 0) is 56.0 Å². The van der Waals surface area contributed by atoms with Crippen LogP contribution in [0.3, 0.4) is 0 Å². The Hall–Kier alpha value is -3.15. The van der Waals surface area contributed by atoms with E-state index in [1.54, 1.807) is 26.4 Å². The average molecular weight is 409 g/mol. The van der Waals surface area contributed by atoms with Crippen LogP contribution in [0, 0.1) is 12.8 Å². The van der Waals surface area contributed by atoms with Crippen LogP contribution in [-0.4, -0.2) is 32.5 Å². The molecule has 158 valence electrons. The van der Waals surface area contributed by atoms with Crippen LogP contribution in [0.2, 0.25) is 0 Å². The van der Waals surface area contributed by atoms with Crippen LogP contribution >= 0.6 is 0 Å². The van der Waals surface area contributed by atoms with Gasteiger partial charge in [0, 0.05) is 17.5 Å². The maximum atomic E-state index is 12.5. The SMILES string of the molecule is COC1=CCC(C(C)NC(=O)Oc2ccccc2)C2c3c(C)ccc(OC)c3OC12. The van der Waals surface area contributed by atoms with E-state index in [1.807, 2.05) is 37.3 Å². The first-order valence-corrected chi connectivity index (χ1v) is 10.1. The fourth-order valence-electron chi connectivity index (χ4n) is 4.55. The minimum Gasteiger partial charge on any atom is -0.497 e. The van der Waals surface area contributed by atoms with Crippen LogP contribution in [0.5, 0.6) is 17.2 Å². The Balaban J connectivity index is 1.60. The lowest BCUT2D eigenvalue weighted by Gasteiger charge is -2.36. The number of rotatable bonds is 5. The minimum absolute atomic E-state index is 0.0436. The number of allylic oxidation sites excluding steroid dienone is 1. The van der Waals surface area contributed by atoms with Crippen molar-refractivity contribution in [2.24, 2.45) is 5.92 Å². The smallest absolute Gasteiger partial charge is 0.412 e. The lowest BCUT2D eigenvalue weighted by Crippen LogP contribution is -2.45. The average Bonchev–Trinajstić information content (AvgIpc) is 3.15. The summed E-state index contributed by atoms with van der Waals surface area (Å²) in [4.78, 5) is 12.5. The Morgan fingerprint density at radius 2 is 1.90 bits per heavy atom. The number of carbonyl (C=O) groups excluding carboxylic acids is 1. The lowest BCUT2D eigenvalue weighted by molar-refractivity contribution is 0.105. The summed E-state index contributed by atoms with van der Waals surface area (Å²) in [5.74, 6) is 2.96. The number of fused-ring (bicyclic) bond motifs is 3. The number of carbonyl (C=O) groups is 1. The number of benzene rings is 2. The Morgan fingerprint density at radius 1 is 1.13 bits per heavy atom. The molecular formula is C24H27NO5. The molecule has 1 N–H and O–H groups in total. The minimum atomic E-state index is -0.465. The van der Waals surface area contributed by atoms with E-state index in [4.69, 9.17) is 18.9 Å². The summed E-state index contributed by atoms with van der Waals surface area (Å²) in [6.45, 7) is 4.08. The molecular weight excluding hydrogens is 382 g/mol. The van der Waals surface area contributed by atoms with Crippen LogP contribution < -0.4 is 19.5 Å². The fraction of sp³-hybridized carbons (Fsp3) is 0.375. The van der Waals surface area contributed by atoms with E-state index < -0.39 is 6.09 Å². The zero-order chi connectivity index (χ0) is 21.3. The Morgan fingerprint density at radius 3 is 2.60 bits per heavy atom. The van der Waals surface area contributed by atoms with Crippen molar-refractivity contribution in [2.45, 2.75) is 38.3 Å². The molecule has 0 saturated heterocycles. The van der Waals surface area contributed by atoms with Crippen molar-refractivity contribution < 1.29 is 23.7 Å². The second-order valence-electron chi connectivity index (χ2n) is 7.74. The number of hydrogen-bond acceptors (Lipinski definition) is 5. The molecule has 0 bridgehead atoms. The molecule has 1 heterocycles. The molecule has 2 aromatic carbocycles. The van der Waals surface area contributed by atoms with Crippen LogP contribution in [0.25, 0.3) is 0 Å². The molecule has 2 aliphatic rings. The van der Waals surface area contributed by atoms with Crippen LogP contribution in [0.4, 0.5) is 4.79 Å². The van der Waals surface area contributed by atoms with E-state index >= 15 is 0 Å². The van der Waals surface area contributed by atoms with Crippen molar-refractivity contribution >= 4 is 6.09 Å². The van der Waals surface area contributed by atoms with Crippen LogP contribution in [-0.2, 0) is 4.74 Å². The molecule has 0 saturated carbocycles. The maximum absolute atomic E-state index is 12.5. The number of ether oxygens (including phenoxy) is 4. The molecule has 4 unspecified atom stereocenters. The molecule has 1 aliphatic heterocycles. The predicted octanol–water partition coefficient (Wildman–Crippen LogP) is 4.58. The van der Waals surface area contributed by atoms with E-state index in [1.165, 1.54) is 0 Å². The first-order chi connectivity index (χ1) is 14.5. The Labute approximate surface area is 176 Å². The van der Waals surface area contributed by atoms with Gasteiger partial charge in [-0.3, -0.25) is 0 Å².